The topological polar surface area (TPSA) is 132 Å². The van der Waals surface area contributed by atoms with E-state index in [1.54, 1.807) is 0 Å². The third kappa shape index (κ3) is 38.4. The summed E-state index contributed by atoms with van der Waals surface area (Å²) in [6.45, 7) is 3.39. The number of aliphatic hydroxyl groups excluding tert-OH is 2. The number of hydrogen-bond acceptors (Lipinski definition) is 8. The van der Waals surface area contributed by atoms with E-state index in [1.807, 2.05) is 0 Å². The van der Waals surface area contributed by atoms with Crippen molar-refractivity contribution in [3.63, 3.8) is 0 Å². The lowest BCUT2D eigenvalue weighted by atomic mass is 10.0. The maximum Gasteiger partial charge on any atom is 0.472 e. The van der Waals surface area contributed by atoms with Gasteiger partial charge in [-0.1, -0.05) is 166 Å². The Bertz CT molecular complexity index is 908. The molecule has 0 radical (unpaired) electrons. The van der Waals surface area contributed by atoms with E-state index in [9.17, 15) is 19.4 Å². The van der Waals surface area contributed by atoms with Crippen molar-refractivity contribution in [2.75, 3.05) is 33.0 Å². The van der Waals surface area contributed by atoms with Crippen LogP contribution in [-0.2, 0) is 27.9 Å². The number of carbonyl (C=O) groups excluding carboxylic acids is 1. The van der Waals surface area contributed by atoms with E-state index in [0.29, 0.717) is 6.61 Å². The van der Waals surface area contributed by atoms with Crippen molar-refractivity contribution in [1.82, 2.24) is 0 Å². The van der Waals surface area contributed by atoms with E-state index in [0.717, 1.165) is 64.2 Å². The molecule has 3 unspecified atom stereocenters. The molecule has 0 spiro atoms. The Balaban J connectivity index is 4.19. The number of unbranched alkanes of at least 4 members (excludes halogenated alkanes) is 20. The van der Waals surface area contributed by atoms with Crippen molar-refractivity contribution in [1.29, 1.82) is 0 Å². The average molecular weight is 759 g/mol. The maximum atomic E-state index is 12.6. The molecule has 0 amide bonds. The third-order valence-corrected chi connectivity index (χ3v) is 9.79. The largest absolute Gasteiger partial charge is 0.472 e. The minimum absolute atomic E-state index is 0.0425. The summed E-state index contributed by atoms with van der Waals surface area (Å²) in [6, 6.07) is 0. The summed E-state index contributed by atoms with van der Waals surface area (Å²) in [5, 5.41) is 18.3. The van der Waals surface area contributed by atoms with Crippen LogP contribution < -0.4 is 0 Å². The summed E-state index contributed by atoms with van der Waals surface area (Å²) in [6.07, 6.45) is 41.0. The molecule has 52 heavy (non-hydrogen) atoms. The Morgan fingerprint density at radius 1 is 0.615 bits per heavy atom. The van der Waals surface area contributed by atoms with Crippen molar-refractivity contribution in [3.05, 3.63) is 36.5 Å². The fraction of sp³-hybridized carbons (Fsp3) is 0.833. The highest BCUT2D eigenvalue weighted by Crippen LogP contribution is 2.43. The van der Waals surface area contributed by atoms with Gasteiger partial charge >= 0.3 is 13.8 Å². The van der Waals surface area contributed by atoms with Gasteiger partial charge in [0, 0.05) is 13.0 Å². The number of aliphatic hydroxyl groups is 2. The molecule has 0 rings (SSSR count). The Morgan fingerprint density at radius 2 is 1.10 bits per heavy atom. The molecule has 0 aliphatic rings. The first-order chi connectivity index (χ1) is 25.3. The number of phosphoric acid groups is 1. The lowest BCUT2D eigenvalue weighted by molar-refractivity contribution is -0.154. The molecule has 0 heterocycles. The maximum absolute atomic E-state index is 12.6. The summed E-state index contributed by atoms with van der Waals surface area (Å²) in [4.78, 5) is 22.5. The van der Waals surface area contributed by atoms with Crippen LogP contribution in [0.5, 0.6) is 0 Å². The van der Waals surface area contributed by atoms with Gasteiger partial charge in [-0.15, -0.1) is 0 Å². The number of rotatable bonds is 40. The van der Waals surface area contributed by atoms with Crippen LogP contribution in [0.1, 0.15) is 181 Å². The minimum atomic E-state index is -4.52. The van der Waals surface area contributed by atoms with Crippen molar-refractivity contribution >= 4 is 13.8 Å². The minimum Gasteiger partial charge on any atom is -0.457 e. The second-order valence-corrected chi connectivity index (χ2v) is 15.4. The van der Waals surface area contributed by atoms with E-state index >= 15 is 0 Å². The van der Waals surface area contributed by atoms with Crippen molar-refractivity contribution in [2.24, 2.45) is 0 Å². The van der Waals surface area contributed by atoms with E-state index in [1.165, 1.54) is 96.3 Å². The summed E-state index contributed by atoms with van der Waals surface area (Å²) in [7, 11) is -4.52. The van der Waals surface area contributed by atoms with Gasteiger partial charge in [0.1, 0.15) is 12.2 Å². The molecule has 3 atom stereocenters. The second kappa shape index (κ2) is 39.4. The SMILES string of the molecule is CC/C=C\C/C=C\C/C=C\CCCCCCCCOCC(COP(=O)(O)OCC(O)CO)OC(=O)CCCCCCCCCCCCCCCCC. The van der Waals surface area contributed by atoms with Crippen LogP contribution in [0.3, 0.4) is 0 Å². The molecular formula is C42H79O9P. The normalized spacial score (nSPS) is 14.5. The monoisotopic (exact) mass is 759 g/mol. The quantitative estimate of drug-likeness (QED) is 0.0242. The molecule has 3 N–H and O–H groups in total. The first-order valence-corrected chi connectivity index (χ1v) is 22.5. The third-order valence-electron chi connectivity index (χ3n) is 8.84. The zero-order valence-corrected chi connectivity index (χ0v) is 34.2. The van der Waals surface area contributed by atoms with Gasteiger partial charge < -0.3 is 24.6 Å². The molecule has 0 aliphatic carbocycles. The molecule has 10 heteroatoms. The van der Waals surface area contributed by atoms with Crippen LogP contribution in [0.4, 0.5) is 0 Å². The molecule has 0 fully saturated rings. The van der Waals surface area contributed by atoms with Gasteiger partial charge in [0.15, 0.2) is 0 Å². The predicted molar refractivity (Wildman–Crippen MR) is 214 cm³/mol. The zero-order chi connectivity index (χ0) is 38.2. The molecule has 0 aromatic rings. The molecule has 0 bridgehead atoms. The van der Waals surface area contributed by atoms with Crippen LogP contribution in [0.15, 0.2) is 36.5 Å². The number of esters is 1. The average Bonchev–Trinajstić information content (AvgIpc) is 3.13. The van der Waals surface area contributed by atoms with Crippen LogP contribution >= 0.6 is 7.82 Å². The lowest BCUT2D eigenvalue weighted by Crippen LogP contribution is -2.29. The second-order valence-electron chi connectivity index (χ2n) is 14.0. The summed E-state index contributed by atoms with van der Waals surface area (Å²) in [5.41, 5.74) is 0. The van der Waals surface area contributed by atoms with E-state index < -0.39 is 33.2 Å². The number of ether oxygens (including phenoxy) is 2. The highest BCUT2D eigenvalue weighted by Gasteiger charge is 2.26. The van der Waals surface area contributed by atoms with Gasteiger partial charge in [0.25, 0.3) is 0 Å². The van der Waals surface area contributed by atoms with Crippen molar-refractivity contribution in [3.8, 4) is 0 Å². The fourth-order valence-electron chi connectivity index (χ4n) is 5.66. The fourth-order valence-corrected chi connectivity index (χ4v) is 6.45. The number of allylic oxidation sites excluding steroid dienone is 6. The lowest BCUT2D eigenvalue weighted by Gasteiger charge is -2.20. The van der Waals surface area contributed by atoms with E-state index in [-0.39, 0.29) is 25.6 Å². The van der Waals surface area contributed by atoms with Gasteiger partial charge in [0.05, 0.1) is 26.4 Å². The number of hydrogen-bond donors (Lipinski definition) is 3. The van der Waals surface area contributed by atoms with Gasteiger partial charge in [-0.3, -0.25) is 13.8 Å². The van der Waals surface area contributed by atoms with E-state index in [2.05, 4.69) is 50.3 Å². The van der Waals surface area contributed by atoms with Crippen molar-refractivity contribution in [2.45, 2.75) is 193 Å². The number of carbonyl (C=O) groups is 1. The smallest absolute Gasteiger partial charge is 0.457 e. The van der Waals surface area contributed by atoms with Crippen LogP contribution in [0, 0.1) is 0 Å². The summed E-state index contributed by atoms with van der Waals surface area (Å²) < 4.78 is 33.3. The van der Waals surface area contributed by atoms with Crippen LogP contribution in [0.2, 0.25) is 0 Å². The Morgan fingerprint density at radius 3 is 1.65 bits per heavy atom. The van der Waals surface area contributed by atoms with Gasteiger partial charge in [0.2, 0.25) is 0 Å². The van der Waals surface area contributed by atoms with Gasteiger partial charge in [-0.05, 0) is 44.9 Å². The summed E-state index contributed by atoms with van der Waals surface area (Å²) in [5.74, 6) is -0.387. The number of phosphoric ester groups is 1. The molecule has 306 valence electrons. The van der Waals surface area contributed by atoms with Crippen LogP contribution in [-0.4, -0.2) is 66.3 Å². The Hall–Kier alpha value is -1.32. The first-order valence-electron chi connectivity index (χ1n) is 21.0. The van der Waals surface area contributed by atoms with Gasteiger partial charge in [-0.2, -0.15) is 0 Å². The summed E-state index contributed by atoms with van der Waals surface area (Å²) >= 11 is 0. The zero-order valence-electron chi connectivity index (χ0n) is 33.3. The molecule has 0 aromatic carbocycles. The van der Waals surface area contributed by atoms with E-state index in [4.69, 9.17) is 23.6 Å². The first kappa shape index (κ1) is 50.7. The standard InChI is InChI=1S/C42H79O9P/c1-3-5-7-9-11-13-15-17-19-21-23-25-27-29-31-33-35-48-38-41(39-50-52(46,47)49-37-40(44)36-43)51-42(45)34-32-30-28-26-24-22-20-18-16-14-12-10-8-6-4-2/h5,7,11,13,17,19,40-41,43-44H,3-4,6,8-10,12,14-16,18,20-39H2,1-2H3,(H,46,47)/b7-5-,13-11-,19-17-. The molecule has 0 aliphatic heterocycles. The molecular weight excluding hydrogens is 679 g/mol. The molecule has 0 aromatic heterocycles. The predicted octanol–water partition coefficient (Wildman–Crippen LogP) is 11.3. The molecule has 0 saturated carbocycles. The van der Waals surface area contributed by atoms with Gasteiger partial charge in [-0.25, -0.2) is 4.57 Å². The van der Waals surface area contributed by atoms with Crippen LogP contribution in [0.25, 0.3) is 0 Å². The molecule has 9 nitrogen and oxygen atoms in total. The molecule has 0 saturated heterocycles. The highest BCUT2D eigenvalue weighted by atomic mass is 31.2. The Labute approximate surface area is 318 Å². The van der Waals surface area contributed by atoms with Crippen molar-refractivity contribution < 1.29 is 43.0 Å². The highest BCUT2D eigenvalue weighted by molar-refractivity contribution is 7.47. The Kier molecular flexibility index (Phi) is 38.4.